The van der Waals surface area contributed by atoms with E-state index in [1.54, 1.807) is 16.7 Å². The fraction of sp³-hybridized carbons (Fsp3) is 0.130. The molecule has 0 aliphatic heterocycles. The zero-order chi connectivity index (χ0) is 22.1. The lowest BCUT2D eigenvalue weighted by Gasteiger charge is -2.10. The van der Waals surface area contributed by atoms with Gasteiger partial charge in [-0.2, -0.15) is 0 Å². The summed E-state index contributed by atoms with van der Waals surface area (Å²) in [6.45, 7) is 3.84. The van der Waals surface area contributed by atoms with E-state index in [0.29, 0.717) is 28.7 Å². The van der Waals surface area contributed by atoms with Gasteiger partial charge in [0, 0.05) is 39.8 Å². The van der Waals surface area contributed by atoms with Crippen LogP contribution in [0.25, 0.3) is 10.9 Å². The first-order chi connectivity index (χ1) is 14.8. The van der Waals surface area contributed by atoms with Gasteiger partial charge in [-0.25, -0.2) is 4.57 Å². The summed E-state index contributed by atoms with van der Waals surface area (Å²) in [6.07, 6.45) is 0. The highest BCUT2D eigenvalue weighted by Crippen LogP contribution is 2.25. The maximum atomic E-state index is 12.8. The van der Waals surface area contributed by atoms with E-state index in [9.17, 15) is 4.79 Å². The molecule has 4 rings (SSSR count). The molecule has 0 aliphatic carbocycles. The average molecular weight is 414 g/mol. The molecule has 8 nitrogen and oxygen atoms in total. The zero-order valence-corrected chi connectivity index (χ0v) is 17.6. The van der Waals surface area contributed by atoms with Crippen LogP contribution in [0.15, 0.2) is 54.6 Å². The first-order valence-electron chi connectivity index (χ1n) is 9.78. The first-order valence-corrected chi connectivity index (χ1v) is 9.78. The molecule has 2 aromatic heterocycles. The SMILES string of the molecule is Cc1cc(N)c2cc(NC(=O)c3cccc(Nc4cc(C)[n+](C)c(N)n4)c3)ccc2n1. The van der Waals surface area contributed by atoms with Crippen molar-refractivity contribution in [3.8, 4) is 0 Å². The number of carbonyl (C=O) groups excluding carboxylic acids is 1. The summed E-state index contributed by atoms with van der Waals surface area (Å²) in [4.78, 5) is 21.6. The molecule has 4 aromatic rings. The lowest BCUT2D eigenvalue weighted by Crippen LogP contribution is -2.36. The van der Waals surface area contributed by atoms with Crippen molar-refractivity contribution in [2.45, 2.75) is 13.8 Å². The van der Waals surface area contributed by atoms with Gasteiger partial charge in [0.1, 0.15) is 0 Å². The van der Waals surface area contributed by atoms with Gasteiger partial charge in [0.15, 0.2) is 0 Å². The highest BCUT2D eigenvalue weighted by molar-refractivity contribution is 6.06. The predicted molar refractivity (Wildman–Crippen MR) is 123 cm³/mol. The van der Waals surface area contributed by atoms with E-state index < -0.39 is 0 Å². The average Bonchev–Trinajstić information content (AvgIpc) is 2.72. The molecule has 0 aliphatic rings. The molecule has 0 saturated carbocycles. The molecule has 0 unspecified atom stereocenters. The normalized spacial score (nSPS) is 10.8. The van der Waals surface area contributed by atoms with Crippen LogP contribution in [0.5, 0.6) is 0 Å². The van der Waals surface area contributed by atoms with Gasteiger partial charge in [0.2, 0.25) is 5.82 Å². The fourth-order valence-electron chi connectivity index (χ4n) is 3.33. The van der Waals surface area contributed by atoms with Crippen molar-refractivity contribution < 1.29 is 9.36 Å². The van der Waals surface area contributed by atoms with Crippen molar-refractivity contribution in [2.24, 2.45) is 7.05 Å². The summed E-state index contributed by atoms with van der Waals surface area (Å²) in [7, 11) is 1.85. The smallest absolute Gasteiger partial charge is 0.391 e. The van der Waals surface area contributed by atoms with E-state index in [1.165, 1.54) is 0 Å². The van der Waals surface area contributed by atoms with Crippen LogP contribution in [-0.4, -0.2) is 15.9 Å². The minimum Gasteiger partial charge on any atom is -0.398 e. The minimum atomic E-state index is -0.232. The minimum absolute atomic E-state index is 0.232. The number of nitrogens with zero attached hydrogens (tertiary/aromatic N) is 3. The summed E-state index contributed by atoms with van der Waals surface area (Å²) in [5.41, 5.74) is 17.2. The summed E-state index contributed by atoms with van der Waals surface area (Å²) >= 11 is 0. The number of hydrogen-bond donors (Lipinski definition) is 4. The molecule has 0 fully saturated rings. The number of fused-ring (bicyclic) bond motifs is 1. The molecule has 31 heavy (non-hydrogen) atoms. The molecule has 2 aromatic carbocycles. The Labute approximate surface area is 179 Å². The summed E-state index contributed by atoms with van der Waals surface area (Å²) in [6, 6.07) is 16.4. The number of carbonyl (C=O) groups is 1. The highest BCUT2D eigenvalue weighted by atomic mass is 16.1. The van der Waals surface area contributed by atoms with Crippen molar-refractivity contribution in [3.05, 3.63) is 71.5 Å². The van der Waals surface area contributed by atoms with Gasteiger partial charge >= 0.3 is 5.95 Å². The standard InChI is InChI=1S/C23H23N7O/c1-13-9-19(24)18-12-17(7-8-20(18)26-13)28-22(31)15-5-4-6-16(11-15)27-21-10-14(2)30(3)23(25)29-21/h4-12H,1-3H3,(H5,24,25,26,27,28,29,31)/p+1. The second-order valence-corrected chi connectivity index (χ2v) is 7.44. The van der Waals surface area contributed by atoms with Crippen molar-refractivity contribution in [2.75, 3.05) is 22.1 Å². The van der Waals surface area contributed by atoms with Gasteiger partial charge in [-0.1, -0.05) is 11.1 Å². The third-order valence-corrected chi connectivity index (χ3v) is 5.08. The van der Waals surface area contributed by atoms with Gasteiger partial charge in [-0.15, -0.1) is 0 Å². The topological polar surface area (TPSA) is 123 Å². The van der Waals surface area contributed by atoms with Crippen molar-refractivity contribution in [1.82, 2.24) is 9.97 Å². The van der Waals surface area contributed by atoms with Crippen LogP contribution >= 0.6 is 0 Å². The lowest BCUT2D eigenvalue weighted by atomic mass is 10.1. The maximum absolute atomic E-state index is 12.8. The number of nitrogen functional groups attached to an aromatic ring is 2. The number of benzene rings is 2. The monoisotopic (exact) mass is 414 g/mol. The molecule has 1 amide bonds. The second-order valence-electron chi connectivity index (χ2n) is 7.44. The van der Waals surface area contributed by atoms with Crippen molar-refractivity contribution >= 4 is 45.6 Å². The van der Waals surface area contributed by atoms with Crippen molar-refractivity contribution in [3.63, 3.8) is 0 Å². The van der Waals surface area contributed by atoms with E-state index in [-0.39, 0.29) is 5.91 Å². The van der Waals surface area contributed by atoms with Gasteiger partial charge in [-0.3, -0.25) is 15.5 Å². The molecular weight excluding hydrogens is 390 g/mol. The third kappa shape index (κ3) is 4.23. The zero-order valence-electron chi connectivity index (χ0n) is 17.6. The van der Waals surface area contributed by atoms with Gasteiger partial charge in [0.05, 0.1) is 18.3 Å². The predicted octanol–water partition coefficient (Wildman–Crippen LogP) is 3.23. The number of anilines is 5. The van der Waals surface area contributed by atoms with Crippen LogP contribution < -0.4 is 26.7 Å². The van der Waals surface area contributed by atoms with Crippen LogP contribution in [0.4, 0.5) is 28.8 Å². The highest BCUT2D eigenvalue weighted by Gasteiger charge is 2.12. The molecule has 0 saturated heterocycles. The third-order valence-electron chi connectivity index (χ3n) is 5.08. The van der Waals surface area contributed by atoms with E-state index >= 15 is 0 Å². The van der Waals surface area contributed by atoms with Crippen molar-refractivity contribution in [1.29, 1.82) is 0 Å². The number of nitrogens with one attached hydrogen (secondary N) is 2. The molecule has 156 valence electrons. The largest absolute Gasteiger partial charge is 0.398 e. The van der Waals surface area contributed by atoms with Crippen LogP contribution in [0, 0.1) is 13.8 Å². The number of hydrogen-bond acceptors (Lipinski definition) is 6. The van der Waals surface area contributed by atoms with E-state index in [2.05, 4.69) is 20.6 Å². The van der Waals surface area contributed by atoms with E-state index in [1.807, 2.05) is 63.4 Å². The van der Waals surface area contributed by atoms with Crippen LogP contribution in [-0.2, 0) is 7.05 Å². The Hall–Kier alpha value is -4.20. The number of aryl methyl sites for hydroxylation is 2. The Morgan fingerprint density at radius 1 is 0.968 bits per heavy atom. The van der Waals surface area contributed by atoms with Crippen LogP contribution in [0.3, 0.4) is 0 Å². The Morgan fingerprint density at radius 3 is 2.55 bits per heavy atom. The first kappa shape index (κ1) is 20.1. The molecule has 6 N–H and O–H groups in total. The van der Waals surface area contributed by atoms with Gasteiger partial charge in [-0.05, 0) is 56.3 Å². The molecule has 8 heteroatoms. The van der Waals surface area contributed by atoms with E-state index in [4.69, 9.17) is 11.5 Å². The number of nitrogens with two attached hydrogens (primary N) is 2. The quantitative estimate of drug-likeness (QED) is 0.380. The molecule has 0 radical (unpaired) electrons. The summed E-state index contributed by atoms with van der Waals surface area (Å²) in [5.74, 6) is 0.778. The Kier molecular flexibility index (Phi) is 5.12. The maximum Gasteiger partial charge on any atom is 0.391 e. The molecule has 0 spiro atoms. The van der Waals surface area contributed by atoms with Crippen LogP contribution in [0.2, 0.25) is 0 Å². The Bertz CT molecular complexity index is 1290. The molecule has 0 atom stereocenters. The second kappa shape index (κ2) is 7.91. The summed E-state index contributed by atoms with van der Waals surface area (Å²) < 4.78 is 1.79. The molecule has 0 bridgehead atoms. The molecule has 2 heterocycles. The number of amides is 1. The van der Waals surface area contributed by atoms with E-state index in [0.717, 1.165) is 28.0 Å². The number of aromatic nitrogens is 3. The lowest BCUT2D eigenvalue weighted by molar-refractivity contribution is -0.665. The molecular formula is C23H24N7O+. The van der Waals surface area contributed by atoms with Gasteiger partial charge in [0.25, 0.3) is 5.91 Å². The number of rotatable bonds is 4. The van der Waals surface area contributed by atoms with Gasteiger partial charge < -0.3 is 16.4 Å². The van der Waals surface area contributed by atoms with Crippen LogP contribution in [0.1, 0.15) is 21.7 Å². The Morgan fingerprint density at radius 2 is 1.77 bits per heavy atom. The fourth-order valence-corrected chi connectivity index (χ4v) is 3.33. The number of pyridine rings is 1. The Balaban J connectivity index is 1.55. The summed E-state index contributed by atoms with van der Waals surface area (Å²) in [5, 5.41) is 6.92.